The molecule has 0 saturated carbocycles. The predicted molar refractivity (Wildman–Crippen MR) is 85.7 cm³/mol. The van der Waals surface area contributed by atoms with Crippen molar-refractivity contribution in [2.24, 2.45) is 0 Å². The van der Waals surface area contributed by atoms with Gasteiger partial charge >= 0.3 is 0 Å². The first kappa shape index (κ1) is 14.3. The molecule has 0 amide bonds. The van der Waals surface area contributed by atoms with Gasteiger partial charge in [0.05, 0.1) is 0 Å². The first-order valence-corrected chi connectivity index (χ1v) is 7.29. The Balaban J connectivity index is 2.16. The number of nitrogens with zero attached hydrogens (tertiary/aromatic N) is 3. The third-order valence-corrected chi connectivity index (χ3v) is 3.81. The zero-order valence-corrected chi connectivity index (χ0v) is 12.9. The molecule has 108 valence electrons. The molecule has 0 aliphatic heterocycles. The summed E-state index contributed by atoms with van der Waals surface area (Å²) in [7, 11) is 2.47. The quantitative estimate of drug-likeness (QED) is 0.722. The van der Waals surface area contributed by atoms with Crippen molar-refractivity contribution in [2.45, 2.75) is 6.42 Å². The summed E-state index contributed by atoms with van der Waals surface area (Å²) in [5, 5.41) is 29.2. The molecule has 1 unspecified atom stereocenters. The van der Waals surface area contributed by atoms with Crippen LogP contribution in [-0.2, 0) is 6.42 Å². The van der Waals surface area contributed by atoms with E-state index in [0.717, 1.165) is 5.56 Å². The molecule has 0 spiro atoms. The van der Waals surface area contributed by atoms with E-state index in [-0.39, 0.29) is 12.4 Å². The molecule has 21 heavy (non-hydrogen) atoms. The smallest absolute Gasteiger partial charge is 0.150 e. The van der Waals surface area contributed by atoms with Gasteiger partial charge in [-0.1, -0.05) is 11.6 Å². The largest absolute Gasteiger partial charge is 0.505 e. The number of aromatic nitrogens is 3. The molecular formula is C14H13ClN3O2P. The summed E-state index contributed by atoms with van der Waals surface area (Å²) in [6.45, 7) is 0.0401. The van der Waals surface area contributed by atoms with Crippen LogP contribution in [0, 0.1) is 0 Å². The number of rotatable bonds is 3. The molecule has 2 N–H and O–H groups in total. The van der Waals surface area contributed by atoms with Gasteiger partial charge in [-0.05, 0) is 42.3 Å². The second-order valence-electron chi connectivity index (χ2n) is 4.65. The second kappa shape index (κ2) is 5.60. The highest BCUT2D eigenvalue weighted by molar-refractivity contribution is 7.27. The topological polar surface area (TPSA) is 71.2 Å². The van der Waals surface area contributed by atoms with Gasteiger partial charge in [0.2, 0.25) is 0 Å². The minimum absolute atomic E-state index is 0.0401. The number of fused-ring (bicyclic) bond motifs is 1. The Bertz CT molecular complexity index is 819. The summed E-state index contributed by atoms with van der Waals surface area (Å²) in [5.74, 6) is 0.0908. The second-order valence-corrected chi connectivity index (χ2v) is 5.71. The zero-order valence-electron chi connectivity index (χ0n) is 11.0. The van der Waals surface area contributed by atoms with E-state index in [4.69, 9.17) is 16.7 Å². The number of aliphatic hydroxyl groups excluding tert-OH is 1. The first-order chi connectivity index (χ1) is 10.1. The Kier molecular flexibility index (Phi) is 3.81. The maximum atomic E-state index is 10.2. The molecular weight excluding hydrogens is 309 g/mol. The fourth-order valence-electron chi connectivity index (χ4n) is 2.12. The van der Waals surface area contributed by atoms with Crippen LogP contribution in [0.5, 0.6) is 5.75 Å². The van der Waals surface area contributed by atoms with Crippen molar-refractivity contribution in [3.63, 3.8) is 0 Å². The normalized spacial score (nSPS) is 11.2. The van der Waals surface area contributed by atoms with Gasteiger partial charge in [-0.3, -0.25) is 0 Å². The monoisotopic (exact) mass is 321 g/mol. The molecule has 3 aromatic rings. The molecule has 0 fully saturated rings. The summed E-state index contributed by atoms with van der Waals surface area (Å²) < 4.78 is 0. The molecule has 0 radical (unpaired) electrons. The fourth-order valence-corrected chi connectivity index (χ4v) is 2.65. The van der Waals surface area contributed by atoms with Crippen molar-refractivity contribution in [1.29, 1.82) is 0 Å². The van der Waals surface area contributed by atoms with Gasteiger partial charge in [0.25, 0.3) is 0 Å². The van der Waals surface area contributed by atoms with E-state index in [1.54, 1.807) is 30.3 Å². The highest BCUT2D eigenvalue weighted by Crippen LogP contribution is 2.24. The lowest BCUT2D eigenvalue weighted by Gasteiger charge is -2.09. The number of aliphatic hydroxyl groups is 1. The van der Waals surface area contributed by atoms with E-state index in [1.807, 2.05) is 0 Å². The van der Waals surface area contributed by atoms with Crippen molar-refractivity contribution in [3.8, 4) is 11.4 Å². The van der Waals surface area contributed by atoms with Crippen molar-refractivity contribution in [1.82, 2.24) is 15.0 Å². The minimum atomic E-state index is 0.0401. The number of hydrogen-bond acceptors (Lipinski definition) is 4. The van der Waals surface area contributed by atoms with E-state index >= 15 is 0 Å². The molecule has 1 heterocycles. The van der Waals surface area contributed by atoms with Crippen LogP contribution in [0.25, 0.3) is 16.7 Å². The summed E-state index contributed by atoms with van der Waals surface area (Å²) in [6.07, 6.45) is 0.501. The van der Waals surface area contributed by atoms with Gasteiger partial charge in [0.1, 0.15) is 22.5 Å². The maximum Gasteiger partial charge on any atom is 0.150 e. The average Bonchev–Trinajstić information content (AvgIpc) is 2.85. The highest BCUT2D eigenvalue weighted by Gasteiger charge is 2.12. The third kappa shape index (κ3) is 2.72. The molecule has 0 saturated heterocycles. The van der Waals surface area contributed by atoms with Gasteiger partial charge in [-0.25, -0.2) is 0 Å². The molecule has 0 aliphatic rings. The Morgan fingerprint density at radius 3 is 2.67 bits per heavy atom. The Morgan fingerprint density at radius 1 is 1.14 bits per heavy atom. The Hall–Kier alpha value is -1.68. The molecule has 2 aromatic carbocycles. The number of phenolic OH excluding ortho intramolecular Hbond substituents is 1. The summed E-state index contributed by atoms with van der Waals surface area (Å²) in [4.78, 5) is 1.38. The summed E-state index contributed by atoms with van der Waals surface area (Å²) in [5.41, 5.74) is 2.71. The van der Waals surface area contributed by atoms with Crippen LogP contribution in [0.15, 0.2) is 30.3 Å². The van der Waals surface area contributed by atoms with Crippen molar-refractivity contribution in [3.05, 3.63) is 40.9 Å². The average molecular weight is 322 g/mol. The SMILES string of the molecule is OCCc1cc(P)c(O)c(-n2nc3ccc(Cl)cc3n2)c1. The number of hydrogen-bond donors (Lipinski definition) is 2. The number of phenols is 1. The van der Waals surface area contributed by atoms with Crippen LogP contribution in [-0.4, -0.2) is 31.8 Å². The van der Waals surface area contributed by atoms with E-state index < -0.39 is 0 Å². The minimum Gasteiger partial charge on any atom is -0.505 e. The molecule has 0 aliphatic carbocycles. The van der Waals surface area contributed by atoms with Gasteiger partial charge < -0.3 is 10.2 Å². The molecule has 1 aromatic heterocycles. The van der Waals surface area contributed by atoms with E-state index in [1.165, 1.54) is 4.80 Å². The zero-order chi connectivity index (χ0) is 15.0. The summed E-state index contributed by atoms with van der Waals surface area (Å²) >= 11 is 5.94. The number of benzene rings is 2. The van der Waals surface area contributed by atoms with Crippen molar-refractivity contribution < 1.29 is 10.2 Å². The van der Waals surface area contributed by atoms with Gasteiger partial charge in [0.15, 0.2) is 0 Å². The Labute approximate surface area is 128 Å². The van der Waals surface area contributed by atoms with E-state index in [0.29, 0.717) is 33.5 Å². The molecule has 3 rings (SSSR count). The standard InChI is InChI=1S/C14H13ClN3O2P/c15-9-1-2-10-11(7-9)17-18(16-10)12-5-8(3-4-19)6-13(21)14(12)20/h1-2,5-7,19-20H,3-4,21H2. The first-order valence-electron chi connectivity index (χ1n) is 6.33. The molecule has 1 atom stereocenters. The third-order valence-electron chi connectivity index (χ3n) is 3.14. The van der Waals surface area contributed by atoms with Crippen LogP contribution in [0.3, 0.4) is 0 Å². The van der Waals surface area contributed by atoms with Crippen LogP contribution in [0.4, 0.5) is 0 Å². The van der Waals surface area contributed by atoms with Gasteiger partial charge in [-0.2, -0.15) is 0 Å². The van der Waals surface area contributed by atoms with Gasteiger partial charge in [0, 0.05) is 16.9 Å². The number of halogens is 1. The van der Waals surface area contributed by atoms with Crippen LogP contribution >= 0.6 is 20.8 Å². The van der Waals surface area contributed by atoms with Crippen molar-refractivity contribution >= 4 is 37.2 Å². The predicted octanol–water partition coefficient (Wildman–Crippen LogP) is 1.81. The lowest BCUT2D eigenvalue weighted by molar-refractivity contribution is 0.299. The maximum absolute atomic E-state index is 10.2. The van der Waals surface area contributed by atoms with Crippen molar-refractivity contribution in [2.75, 3.05) is 6.61 Å². The van der Waals surface area contributed by atoms with E-state index in [9.17, 15) is 5.11 Å². The van der Waals surface area contributed by atoms with Crippen LogP contribution in [0.2, 0.25) is 5.02 Å². The summed E-state index contributed by atoms with van der Waals surface area (Å²) in [6, 6.07) is 8.81. The Morgan fingerprint density at radius 2 is 1.90 bits per heavy atom. The fraction of sp³-hybridized carbons (Fsp3) is 0.143. The van der Waals surface area contributed by atoms with E-state index in [2.05, 4.69) is 19.4 Å². The lowest BCUT2D eigenvalue weighted by Crippen LogP contribution is -2.06. The molecule has 0 bridgehead atoms. The molecule has 5 nitrogen and oxygen atoms in total. The van der Waals surface area contributed by atoms with Crippen LogP contribution < -0.4 is 5.30 Å². The highest BCUT2D eigenvalue weighted by atomic mass is 35.5. The number of aromatic hydroxyl groups is 1. The molecule has 7 heteroatoms. The van der Waals surface area contributed by atoms with Crippen LogP contribution in [0.1, 0.15) is 5.56 Å². The lowest BCUT2D eigenvalue weighted by atomic mass is 10.1. The van der Waals surface area contributed by atoms with Gasteiger partial charge in [-0.15, -0.1) is 24.2 Å².